The number of thioether (sulfide) groups is 1. The molecule has 0 bridgehead atoms. The second kappa shape index (κ2) is 8.53. The summed E-state index contributed by atoms with van der Waals surface area (Å²) in [6, 6.07) is 11.9. The first-order valence-corrected chi connectivity index (χ1v) is 9.51. The maximum atomic E-state index is 13.1. The summed E-state index contributed by atoms with van der Waals surface area (Å²) in [5.41, 5.74) is 1.43. The van der Waals surface area contributed by atoms with Gasteiger partial charge in [0.15, 0.2) is 5.17 Å². The smallest absolute Gasteiger partial charge is 0.337 e. The number of hydrogen-bond acceptors (Lipinski definition) is 6. The summed E-state index contributed by atoms with van der Waals surface area (Å²) in [6.07, 6.45) is -1.08. The van der Waals surface area contributed by atoms with Crippen LogP contribution in [0, 0.1) is 5.82 Å². The minimum absolute atomic E-state index is 0.255. The van der Waals surface area contributed by atoms with Crippen LogP contribution < -0.4 is 0 Å². The van der Waals surface area contributed by atoms with Crippen LogP contribution in [0.4, 0.5) is 10.1 Å². The highest BCUT2D eigenvalue weighted by atomic mass is 32.2. The lowest BCUT2D eigenvalue weighted by molar-refractivity contribution is -0.127. The van der Waals surface area contributed by atoms with Gasteiger partial charge in [0.05, 0.1) is 18.4 Å². The van der Waals surface area contributed by atoms with Crippen molar-refractivity contribution in [1.82, 2.24) is 4.90 Å². The number of aliphatic hydroxyl groups excluding tert-OH is 1. The Balaban J connectivity index is 1.83. The normalized spacial score (nSPS) is 19.1. The largest absolute Gasteiger partial charge is 0.465 e. The molecule has 0 aliphatic carbocycles. The summed E-state index contributed by atoms with van der Waals surface area (Å²) < 4.78 is 17.8. The molecule has 0 saturated carbocycles. The van der Waals surface area contributed by atoms with Gasteiger partial charge in [0.25, 0.3) is 0 Å². The van der Waals surface area contributed by atoms with Crippen molar-refractivity contribution in [3.63, 3.8) is 0 Å². The fourth-order valence-electron chi connectivity index (χ4n) is 2.79. The van der Waals surface area contributed by atoms with E-state index < -0.39 is 23.1 Å². The van der Waals surface area contributed by atoms with Crippen molar-refractivity contribution in [3.05, 3.63) is 65.5 Å². The maximum Gasteiger partial charge on any atom is 0.337 e. The van der Waals surface area contributed by atoms with Crippen molar-refractivity contribution in [1.29, 1.82) is 0 Å². The minimum atomic E-state index is -1.08. The minimum Gasteiger partial charge on any atom is -0.465 e. The van der Waals surface area contributed by atoms with Gasteiger partial charge in [0.2, 0.25) is 5.91 Å². The monoisotopic (exact) mass is 402 g/mol. The fourth-order valence-corrected chi connectivity index (χ4v) is 4.03. The SMILES string of the molecule is CCN1C(=O)[C@H]([C@H](O)c2ccc(F)cc2)SC1=Nc1ccc(C(=O)OC)cc1. The lowest BCUT2D eigenvalue weighted by Gasteiger charge is -2.16. The van der Waals surface area contributed by atoms with Gasteiger partial charge in [0, 0.05) is 6.54 Å². The van der Waals surface area contributed by atoms with Crippen molar-refractivity contribution < 1.29 is 23.8 Å². The second-order valence-corrected chi connectivity index (χ2v) is 7.16. The molecule has 28 heavy (non-hydrogen) atoms. The van der Waals surface area contributed by atoms with E-state index in [1.807, 2.05) is 6.92 Å². The van der Waals surface area contributed by atoms with Crippen LogP contribution in [0.15, 0.2) is 53.5 Å². The van der Waals surface area contributed by atoms with Gasteiger partial charge >= 0.3 is 5.97 Å². The number of hydrogen-bond donors (Lipinski definition) is 1. The number of esters is 1. The van der Waals surface area contributed by atoms with Crippen LogP contribution in [0.25, 0.3) is 0 Å². The molecule has 146 valence electrons. The molecule has 0 spiro atoms. The second-order valence-electron chi connectivity index (χ2n) is 6.05. The number of carbonyl (C=O) groups is 2. The Morgan fingerprint density at radius 2 is 1.89 bits per heavy atom. The number of benzene rings is 2. The highest BCUT2D eigenvalue weighted by molar-refractivity contribution is 8.15. The zero-order chi connectivity index (χ0) is 20.3. The molecule has 6 nitrogen and oxygen atoms in total. The van der Waals surface area contributed by atoms with Gasteiger partial charge in [-0.2, -0.15) is 0 Å². The van der Waals surface area contributed by atoms with Crippen LogP contribution in [0.5, 0.6) is 0 Å². The van der Waals surface area contributed by atoms with Crippen molar-refractivity contribution in [2.45, 2.75) is 18.3 Å². The van der Waals surface area contributed by atoms with Crippen molar-refractivity contribution in [2.24, 2.45) is 4.99 Å². The van der Waals surface area contributed by atoms with Crippen molar-refractivity contribution >= 4 is 34.5 Å². The molecule has 2 aromatic carbocycles. The summed E-state index contributed by atoms with van der Waals surface area (Å²) >= 11 is 1.16. The lowest BCUT2D eigenvalue weighted by Crippen LogP contribution is -2.34. The summed E-state index contributed by atoms with van der Waals surface area (Å²) in [5, 5.41) is 10.3. The van der Waals surface area contributed by atoms with Gasteiger partial charge in [-0.15, -0.1) is 0 Å². The van der Waals surface area contributed by atoms with Gasteiger partial charge in [-0.05, 0) is 48.9 Å². The molecule has 8 heteroatoms. The van der Waals surface area contributed by atoms with Crippen LogP contribution in [-0.2, 0) is 9.53 Å². The van der Waals surface area contributed by atoms with Crippen LogP contribution in [0.2, 0.25) is 0 Å². The van der Waals surface area contributed by atoms with E-state index in [9.17, 15) is 19.1 Å². The molecular weight excluding hydrogens is 383 g/mol. The molecule has 3 rings (SSSR count). The molecule has 1 aliphatic rings. The van der Waals surface area contributed by atoms with E-state index >= 15 is 0 Å². The third-order valence-electron chi connectivity index (χ3n) is 4.30. The van der Waals surface area contributed by atoms with Gasteiger partial charge in [-0.1, -0.05) is 23.9 Å². The average molecular weight is 402 g/mol. The molecular formula is C20H19FN2O4S. The highest BCUT2D eigenvalue weighted by Gasteiger charge is 2.42. The van der Waals surface area contributed by atoms with E-state index in [1.165, 1.54) is 36.3 Å². The third kappa shape index (κ3) is 4.07. The van der Waals surface area contributed by atoms with E-state index in [2.05, 4.69) is 9.73 Å². The Bertz CT molecular complexity index is 899. The Morgan fingerprint density at radius 1 is 1.25 bits per heavy atom. The van der Waals surface area contributed by atoms with Crippen LogP contribution in [-0.4, -0.2) is 46.0 Å². The van der Waals surface area contributed by atoms with Gasteiger partial charge in [0.1, 0.15) is 17.2 Å². The van der Waals surface area contributed by atoms with Crippen molar-refractivity contribution in [3.8, 4) is 0 Å². The van der Waals surface area contributed by atoms with E-state index in [4.69, 9.17) is 0 Å². The Hall–Kier alpha value is -2.71. The zero-order valence-electron chi connectivity index (χ0n) is 15.3. The van der Waals surface area contributed by atoms with Crippen molar-refractivity contribution in [2.75, 3.05) is 13.7 Å². The number of aliphatic imine (C=N–C) groups is 1. The summed E-state index contributed by atoms with van der Waals surface area (Å²) in [4.78, 5) is 30.2. The fraction of sp³-hybridized carbons (Fsp3) is 0.250. The highest BCUT2D eigenvalue weighted by Crippen LogP contribution is 2.37. The molecule has 1 aliphatic heterocycles. The Kier molecular flexibility index (Phi) is 6.11. The molecule has 1 N–H and O–H groups in total. The number of amidine groups is 1. The number of amides is 1. The summed E-state index contributed by atoms with van der Waals surface area (Å²) in [5.74, 6) is -1.11. The number of ether oxygens (including phenoxy) is 1. The number of rotatable bonds is 5. The van der Waals surface area contributed by atoms with Gasteiger partial charge in [-0.25, -0.2) is 14.2 Å². The predicted molar refractivity (Wildman–Crippen MR) is 105 cm³/mol. The third-order valence-corrected chi connectivity index (χ3v) is 5.54. The standard InChI is InChI=1S/C20H19FN2O4S/c1-3-23-18(25)17(16(24)12-4-8-14(21)9-5-12)28-20(23)22-15-10-6-13(7-11-15)19(26)27-2/h4-11,16-17,24H,3H2,1-2H3/t16-,17+/m1/s1. The molecule has 2 atom stereocenters. The van der Waals surface area contributed by atoms with Crippen LogP contribution in [0.1, 0.15) is 28.9 Å². The maximum absolute atomic E-state index is 13.1. The molecule has 2 aromatic rings. The number of aliphatic hydroxyl groups is 1. The molecule has 0 radical (unpaired) electrons. The van der Waals surface area contributed by atoms with E-state index in [-0.39, 0.29) is 5.91 Å². The summed E-state index contributed by atoms with van der Waals surface area (Å²) in [7, 11) is 1.31. The first kappa shape index (κ1) is 20.0. The van der Waals surface area contributed by atoms with Gasteiger partial charge < -0.3 is 9.84 Å². The molecule has 1 fully saturated rings. The van der Waals surface area contributed by atoms with E-state index in [0.717, 1.165) is 11.8 Å². The van der Waals surface area contributed by atoms with Crippen LogP contribution in [0.3, 0.4) is 0 Å². The molecule has 1 amide bonds. The first-order chi connectivity index (χ1) is 13.4. The Labute approximate surface area is 166 Å². The van der Waals surface area contributed by atoms with E-state index in [1.54, 1.807) is 24.3 Å². The number of methoxy groups -OCH3 is 1. The quantitative estimate of drug-likeness (QED) is 0.777. The summed E-state index contributed by atoms with van der Waals surface area (Å²) in [6.45, 7) is 2.22. The predicted octanol–water partition coefficient (Wildman–Crippen LogP) is 3.30. The topological polar surface area (TPSA) is 79.2 Å². The average Bonchev–Trinajstić information content (AvgIpc) is 3.03. The zero-order valence-corrected chi connectivity index (χ0v) is 16.1. The number of halogens is 1. The lowest BCUT2D eigenvalue weighted by atomic mass is 10.1. The first-order valence-electron chi connectivity index (χ1n) is 8.63. The molecule has 0 aromatic heterocycles. The van der Waals surface area contributed by atoms with Crippen LogP contribution >= 0.6 is 11.8 Å². The van der Waals surface area contributed by atoms with Gasteiger partial charge in [-0.3, -0.25) is 9.69 Å². The van der Waals surface area contributed by atoms with E-state index in [0.29, 0.717) is 28.5 Å². The molecule has 1 heterocycles. The number of nitrogens with zero attached hydrogens (tertiary/aromatic N) is 2. The molecule has 1 saturated heterocycles. The Morgan fingerprint density at radius 3 is 2.46 bits per heavy atom. The number of carbonyl (C=O) groups excluding carboxylic acids is 2. The molecule has 0 unspecified atom stereocenters.